The molecule has 0 fully saturated rings. The van der Waals surface area contributed by atoms with E-state index in [2.05, 4.69) is 5.32 Å². The van der Waals surface area contributed by atoms with Gasteiger partial charge in [-0.25, -0.2) is 0 Å². The van der Waals surface area contributed by atoms with Gasteiger partial charge >= 0.3 is 0 Å². The van der Waals surface area contributed by atoms with E-state index in [-0.39, 0.29) is 12.5 Å². The second-order valence-corrected chi connectivity index (χ2v) is 6.43. The SMILES string of the molecule is Cc1sc(NC(=O)[C@H]2COc3ccccc3O2)c(C(N)=O)c1C. The molecule has 120 valence electrons. The van der Waals surface area contributed by atoms with E-state index in [1.165, 1.54) is 11.3 Å². The quantitative estimate of drug-likeness (QED) is 0.902. The van der Waals surface area contributed by atoms with Gasteiger partial charge in [0.05, 0.1) is 5.56 Å². The van der Waals surface area contributed by atoms with Gasteiger partial charge in [0.15, 0.2) is 11.5 Å². The zero-order valence-corrected chi connectivity index (χ0v) is 13.5. The van der Waals surface area contributed by atoms with Crippen molar-refractivity contribution in [2.24, 2.45) is 5.73 Å². The van der Waals surface area contributed by atoms with Crippen LogP contribution in [-0.2, 0) is 4.79 Å². The lowest BCUT2D eigenvalue weighted by Gasteiger charge is -2.25. The Kier molecular flexibility index (Phi) is 3.96. The van der Waals surface area contributed by atoms with Crippen molar-refractivity contribution in [3.05, 3.63) is 40.3 Å². The number of fused-ring (bicyclic) bond motifs is 1. The molecular formula is C16H16N2O4S. The number of rotatable bonds is 3. The van der Waals surface area contributed by atoms with E-state index in [1.807, 2.05) is 13.0 Å². The molecule has 2 heterocycles. The van der Waals surface area contributed by atoms with Crippen LogP contribution >= 0.6 is 11.3 Å². The molecule has 0 saturated carbocycles. The number of aryl methyl sites for hydroxylation is 1. The van der Waals surface area contributed by atoms with Crippen LogP contribution < -0.4 is 20.5 Å². The summed E-state index contributed by atoms with van der Waals surface area (Å²) >= 11 is 1.32. The minimum Gasteiger partial charge on any atom is -0.485 e. The van der Waals surface area contributed by atoms with Crippen molar-refractivity contribution < 1.29 is 19.1 Å². The average molecular weight is 332 g/mol. The van der Waals surface area contributed by atoms with E-state index in [9.17, 15) is 9.59 Å². The largest absolute Gasteiger partial charge is 0.485 e. The molecule has 1 atom stereocenters. The molecule has 0 bridgehead atoms. The number of carbonyl (C=O) groups excluding carboxylic acids is 2. The van der Waals surface area contributed by atoms with Crippen LogP contribution in [0.3, 0.4) is 0 Å². The van der Waals surface area contributed by atoms with Crippen LogP contribution in [0.15, 0.2) is 24.3 Å². The van der Waals surface area contributed by atoms with Crippen LogP contribution in [0.1, 0.15) is 20.8 Å². The van der Waals surface area contributed by atoms with Crippen molar-refractivity contribution >= 4 is 28.2 Å². The number of nitrogens with one attached hydrogen (secondary N) is 1. The fourth-order valence-corrected chi connectivity index (χ4v) is 3.42. The van der Waals surface area contributed by atoms with Crippen LogP contribution in [0.2, 0.25) is 0 Å². The smallest absolute Gasteiger partial charge is 0.269 e. The number of carbonyl (C=O) groups is 2. The Hall–Kier alpha value is -2.54. The fourth-order valence-electron chi connectivity index (χ4n) is 2.35. The van der Waals surface area contributed by atoms with Gasteiger partial charge in [-0.05, 0) is 31.5 Å². The van der Waals surface area contributed by atoms with Crippen LogP contribution in [0, 0.1) is 13.8 Å². The van der Waals surface area contributed by atoms with Gasteiger partial charge in [-0.3, -0.25) is 9.59 Å². The Bertz CT molecular complexity index is 784. The maximum absolute atomic E-state index is 12.4. The molecule has 7 heteroatoms. The van der Waals surface area contributed by atoms with Crippen molar-refractivity contribution in [1.82, 2.24) is 0 Å². The number of para-hydroxylation sites is 2. The van der Waals surface area contributed by atoms with Crippen molar-refractivity contribution in [3.63, 3.8) is 0 Å². The second kappa shape index (κ2) is 5.92. The van der Waals surface area contributed by atoms with Crippen LogP contribution in [0.4, 0.5) is 5.00 Å². The van der Waals surface area contributed by atoms with E-state index in [0.717, 1.165) is 10.4 Å². The third kappa shape index (κ3) is 2.87. The lowest BCUT2D eigenvalue weighted by Crippen LogP contribution is -2.40. The highest BCUT2D eigenvalue weighted by Crippen LogP contribution is 2.34. The second-order valence-electron chi connectivity index (χ2n) is 5.21. The molecule has 1 aromatic heterocycles. The van der Waals surface area contributed by atoms with E-state index >= 15 is 0 Å². The van der Waals surface area contributed by atoms with Crippen molar-refractivity contribution in [3.8, 4) is 11.5 Å². The number of hydrogen-bond donors (Lipinski definition) is 2. The number of hydrogen-bond acceptors (Lipinski definition) is 5. The Morgan fingerprint density at radius 1 is 1.26 bits per heavy atom. The first kappa shape index (κ1) is 15.4. The van der Waals surface area contributed by atoms with E-state index in [1.54, 1.807) is 25.1 Å². The van der Waals surface area contributed by atoms with E-state index in [4.69, 9.17) is 15.2 Å². The molecule has 1 aromatic carbocycles. The Labute approximate surface area is 137 Å². The maximum Gasteiger partial charge on any atom is 0.269 e. The number of ether oxygens (including phenoxy) is 2. The minimum atomic E-state index is -0.784. The average Bonchev–Trinajstić information content (AvgIpc) is 2.81. The van der Waals surface area contributed by atoms with Gasteiger partial charge in [0, 0.05) is 4.88 Å². The highest BCUT2D eigenvalue weighted by Gasteiger charge is 2.29. The summed E-state index contributed by atoms with van der Waals surface area (Å²) in [7, 11) is 0. The highest BCUT2D eigenvalue weighted by atomic mass is 32.1. The van der Waals surface area contributed by atoms with Gasteiger partial charge in [0.2, 0.25) is 6.10 Å². The summed E-state index contributed by atoms with van der Waals surface area (Å²) in [6.07, 6.45) is -0.784. The van der Waals surface area contributed by atoms with Gasteiger partial charge in [-0.1, -0.05) is 12.1 Å². The molecule has 3 rings (SSSR count). The van der Waals surface area contributed by atoms with Crippen LogP contribution in [0.25, 0.3) is 0 Å². The van der Waals surface area contributed by atoms with Gasteiger partial charge in [0.25, 0.3) is 11.8 Å². The molecule has 0 unspecified atom stereocenters. The minimum absolute atomic E-state index is 0.109. The molecule has 0 aliphatic carbocycles. The summed E-state index contributed by atoms with van der Waals surface area (Å²) in [5, 5.41) is 3.17. The number of benzene rings is 1. The predicted octanol–water partition coefficient (Wildman–Crippen LogP) is 2.24. The molecule has 0 saturated heterocycles. The molecule has 3 N–H and O–H groups in total. The standard InChI is InChI=1S/C16H16N2O4S/c1-8-9(2)23-16(13(8)14(17)19)18-15(20)12-7-21-10-5-3-4-6-11(10)22-12/h3-6,12H,7H2,1-2H3,(H2,17,19)(H,18,20)/t12-/m1/s1. The van der Waals surface area contributed by atoms with Gasteiger partial charge in [-0.2, -0.15) is 0 Å². The number of amides is 2. The lowest BCUT2D eigenvalue weighted by atomic mass is 10.1. The zero-order chi connectivity index (χ0) is 16.6. The molecule has 2 aromatic rings. The molecular weight excluding hydrogens is 316 g/mol. The number of nitrogens with two attached hydrogens (primary N) is 1. The fraction of sp³-hybridized carbons (Fsp3) is 0.250. The monoisotopic (exact) mass is 332 g/mol. The summed E-state index contributed by atoms with van der Waals surface area (Å²) in [6, 6.07) is 7.16. The molecule has 0 radical (unpaired) electrons. The number of anilines is 1. The topological polar surface area (TPSA) is 90.7 Å². The Morgan fingerprint density at radius 3 is 2.65 bits per heavy atom. The summed E-state index contributed by atoms with van der Waals surface area (Å²) < 4.78 is 11.2. The number of thiophene rings is 1. The number of primary amides is 1. The molecule has 1 aliphatic heterocycles. The molecule has 0 spiro atoms. The van der Waals surface area contributed by atoms with Crippen molar-refractivity contribution in [1.29, 1.82) is 0 Å². The van der Waals surface area contributed by atoms with Gasteiger partial charge < -0.3 is 20.5 Å². The van der Waals surface area contributed by atoms with Gasteiger partial charge in [-0.15, -0.1) is 11.3 Å². The summed E-state index contributed by atoms with van der Waals surface area (Å²) in [5.74, 6) is 0.196. The van der Waals surface area contributed by atoms with Crippen LogP contribution in [-0.4, -0.2) is 24.5 Å². The molecule has 6 nitrogen and oxygen atoms in total. The molecule has 2 amide bonds. The molecule has 1 aliphatic rings. The third-order valence-electron chi connectivity index (χ3n) is 3.67. The predicted molar refractivity (Wildman–Crippen MR) is 87.3 cm³/mol. The Morgan fingerprint density at radius 2 is 1.96 bits per heavy atom. The Balaban J connectivity index is 1.79. The third-order valence-corrected chi connectivity index (χ3v) is 4.79. The highest BCUT2D eigenvalue weighted by molar-refractivity contribution is 7.16. The lowest BCUT2D eigenvalue weighted by molar-refractivity contribution is -0.125. The zero-order valence-electron chi connectivity index (χ0n) is 12.7. The normalized spacial score (nSPS) is 16.0. The van der Waals surface area contributed by atoms with Crippen molar-refractivity contribution in [2.75, 3.05) is 11.9 Å². The van der Waals surface area contributed by atoms with Gasteiger partial charge in [0.1, 0.15) is 11.6 Å². The maximum atomic E-state index is 12.4. The first-order chi connectivity index (χ1) is 11.0. The first-order valence-electron chi connectivity index (χ1n) is 7.06. The summed E-state index contributed by atoms with van der Waals surface area (Å²) in [4.78, 5) is 24.9. The van der Waals surface area contributed by atoms with Crippen molar-refractivity contribution in [2.45, 2.75) is 20.0 Å². The van der Waals surface area contributed by atoms with E-state index in [0.29, 0.717) is 22.1 Å². The van der Waals surface area contributed by atoms with E-state index < -0.39 is 12.0 Å². The summed E-state index contributed by atoms with van der Waals surface area (Å²) in [5.41, 5.74) is 6.53. The summed E-state index contributed by atoms with van der Waals surface area (Å²) in [6.45, 7) is 3.79. The van der Waals surface area contributed by atoms with Crippen LogP contribution in [0.5, 0.6) is 11.5 Å². The molecule has 23 heavy (non-hydrogen) atoms. The first-order valence-corrected chi connectivity index (χ1v) is 7.88.